The maximum Gasteiger partial charge on any atom is 0.0440 e. The fraction of sp³-hybridized carbons (Fsp3) is 0.333. The molecule has 1 aliphatic carbocycles. The average Bonchev–Trinajstić information content (AvgIpc) is 3.13. The Morgan fingerprint density at radius 2 is 1.89 bits per heavy atom. The van der Waals surface area contributed by atoms with Gasteiger partial charge in [-0.15, -0.1) is 0 Å². The fourth-order valence-electron chi connectivity index (χ4n) is 2.17. The van der Waals surface area contributed by atoms with Gasteiger partial charge in [-0.2, -0.15) is 11.3 Å². The van der Waals surface area contributed by atoms with Gasteiger partial charge < -0.3 is 4.90 Å². The maximum absolute atomic E-state index is 3.50. The van der Waals surface area contributed by atoms with Crippen molar-refractivity contribution in [3.05, 3.63) is 52.2 Å². The largest absolute Gasteiger partial charge is 0.364 e. The molecule has 94 valence electrons. The minimum atomic E-state index is 0.750. The van der Waals surface area contributed by atoms with Gasteiger partial charge in [-0.25, -0.2) is 0 Å². The van der Waals surface area contributed by atoms with E-state index in [0.29, 0.717) is 0 Å². The van der Waals surface area contributed by atoms with Crippen molar-refractivity contribution < 1.29 is 0 Å². The molecule has 0 saturated heterocycles. The second kappa shape index (κ2) is 5.45. The SMILES string of the molecule is BrCc1ccc(N(Cc2ccsc2)C2CC2)cc1. The maximum atomic E-state index is 3.50. The smallest absolute Gasteiger partial charge is 0.0440 e. The molecule has 3 rings (SSSR count). The summed E-state index contributed by atoms with van der Waals surface area (Å²) in [5.74, 6) is 0. The molecular formula is C15H16BrNS. The van der Waals surface area contributed by atoms with Crippen LogP contribution in [-0.2, 0) is 11.9 Å². The molecule has 1 aromatic heterocycles. The molecule has 3 heteroatoms. The minimum Gasteiger partial charge on any atom is -0.364 e. The van der Waals surface area contributed by atoms with Crippen LogP contribution in [0.2, 0.25) is 0 Å². The van der Waals surface area contributed by atoms with E-state index in [1.54, 1.807) is 11.3 Å². The van der Waals surface area contributed by atoms with Crippen molar-refractivity contribution in [2.24, 2.45) is 0 Å². The Labute approximate surface area is 121 Å². The summed E-state index contributed by atoms with van der Waals surface area (Å²) in [4.78, 5) is 2.54. The van der Waals surface area contributed by atoms with Gasteiger partial charge in [0.2, 0.25) is 0 Å². The van der Waals surface area contributed by atoms with E-state index in [9.17, 15) is 0 Å². The molecule has 0 bridgehead atoms. The van der Waals surface area contributed by atoms with E-state index < -0.39 is 0 Å². The van der Waals surface area contributed by atoms with Gasteiger partial charge in [0.15, 0.2) is 0 Å². The summed E-state index contributed by atoms with van der Waals surface area (Å²) in [6.07, 6.45) is 2.68. The van der Waals surface area contributed by atoms with Crippen LogP contribution in [0.1, 0.15) is 24.0 Å². The highest BCUT2D eigenvalue weighted by Gasteiger charge is 2.29. The van der Waals surface area contributed by atoms with Gasteiger partial charge in [-0.3, -0.25) is 0 Å². The van der Waals surface area contributed by atoms with E-state index in [1.165, 1.54) is 29.7 Å². The standard InChI is InChI=1S/C15H16BrNS/c16-9-12-1-3-14(4-2-12)17(15-5-6-15)10-13-7-8-18-11-13/h1-4,7-8,11,15H,5-6,9-10H2. The van der Waals surface area contributed by atoms with Gasteiger partial charge in [-0.05, 0) is 52.9 Å². The van der Waals surface area contributed by atoms with Crippen molar-refractivity contribution in [2.75, 3.05) is 4.90 Å². The van der Waals surface area contributed by atoms with Gasteiger partial charge in [0.05, 0.1) is 0 Å². The number of alkyl halides is 1. The first-order chi connectivity index (χ1) is 8.86. The Morgan fingerprint density at radius 1 is 1.11 bits per heavy atom. The minimum absolute atomic E-state index is 0.750. The molecule has 2 aromatic rings. The molecule has 1 heterocycles. The van der Waals surface area contributed by atoms with E-state index in [1.807, 2.05) is 0 Å². The highest BCUT2D eigenvalue weighted by atomic mass is 79.9. The summed E-state index contributed by atoms with van der Waals surface area (Å²) in [7, 11) is 0. The number of rotatable bonds is 5. The van der Waals surface area contributed by atoms with Crippen LogP contribution in [0.4, 0.5) is 5.69 Å². The van der Waals surface area contributed by atoms with Crippen molar-refractivity contribution in [1.82, 2.24) is 0 Å². The average molecular weight is 322 g/mol. The molecule has 1 aromatic carbocycles. The number of anilines is 1. The second-order valence-electron chi connectivity index (χ2n) is 4.79. The van der Waals surface area contributed by atoms with Gasteiger partial charge in [0.25, 0.3) is 0 Å². The monoisotopic (exact) mass is 321 g/mol. The van der Waals surface area contributed by atoms with E-state index in [4.69, 9.17) is 0 Å². The lowest BCUT2D eigenvalue weighted by molar-refractivity contribution is 0.796. The van der Waals surface area contributed by atoms with Crippen LogP contribution in [-0.4, -0.2) is 6.04 Å². The van der Waals surface area contributed by atoms with Crippen molar-refractivity contribution in [2.45, 2.75) is 30.8 Å². The topological polar surface area (TPSA) is 3.24 Å². The van der Waals surface area contributed by atoms with E-state index in [2.05, 4.69) is 61.9 Å². The zero-order valence-electron chi connectivity index (χ0n) is 10.2. The third-order valence-electron chi connectivity index (χ3n) is 3.34. The first-order valence-corrected chi connectivity index (χ1v) is 8.36. The van der Waals surface area contributed by atoms with Gasteiger partial charge in [-0.1, -0.05) is 28.1 Å². The number of nitrogens with zero attached hydrogens (tertiary/aromatic N) is 1. The highest BCUT2D eigenvalue weighted by Crippen LogP contribution is 2.33. The van der Waals surface area contributed by atoms with Crippen LogP contribution in [0.25, 0.3) is 0 Å². The number of halogens is 1. The third-order valence-corrected chi connectivity index (χ3v) is 4.72. The van der Waals surface area contributed by atoms with E-state index in [0.717, 1.165) is 17.9 Å². The van der Waals surface area contributed by atoms with Crippen LogP contribution < -0.4 is 4.90 Å². The van der Waals surface area contributed by atoms with Crippen LogP contribution in [0.15, 0.2) is 41.1 Å². The predicted octanol–water partition coefficient (Wildman–Crippen LogP) is 4.81. The van der Waals surface area contributed by atoms with Crippen LogP contribution >= 0.6 is 27.3 Å². The quantitative estimate of drug-likeness (QED) is 0.714. The molecule has 0 aliphatic heterocycles. The number of benzene rings is 1. The van der Waals surface area contributed by atoms with Crippen molar-refractivity contribution in [3.8, 4) is 0 Å². The van der Waals surface area contributed by atoms with E-state index >= 15 is 0 Å². The molecule has 1 aliphatic rings. The first-order valence-electron chi connectivity index (χ1n) is 6.29. The molecule has 0 unspecified atom stereocenters. The Kier molecular flexibility index (Phi) is 3.71. The summed E-state index contributed by atoms with van der Waals surface area (Å²) in [6.45, 7) is 1.04. The van der Waals surface area contributed by atoms with Gasteiger partial charge >= 0.3 is 0 Å². The third kappa shape index (κ3) is 2.78. The van der Waals surface area contributed by atoms with Crippen molar-refractivity contribution in [1.29, 1.82) is 0 Å². The molecular weight excluding hydrogens is 306 g/mol. The Hall–Kier alpha value is -0.800. The predicted molar refractivity (Wildman–Crippen MR) is 82.6 cm³/mol. The molecule has 0 N–H and O–H groups in total. The lowest BCUT2D eigenvalue weighted by Crippen LogP contribution is -2.24. The van der Waals surface area contributed by atoms with Crippen LogP contribution in [0, 0.1) is 0 Å². The number of thiophene rings is 1. The highest BCUT2D eigenvalue weighted by molar-refractivity contribution is 9.08. The number of hydrogen-bond donors (Lipinski definition) is 0. The molecule has 0 radical (unpaired) electrons. The summed E-state index contributed by atoms with van der Waals surface area (Å²) in [6, 6.07) is 11.9. The lowest BCUT2D eigenvalue weighted by atomic mass is 10.2. The van der Waals surface area contributed by atoms with Gasteiger partial charge in [0, 0.05) is 23.6 Å². The normalized spacial score (nSPS) is 14.7. The summed E-state index contributed by atoms with van der Waals surface area (Å²) in [5.41, 5.74) is 4.12. The summed E-state index contributed by atoms with van der Waals surface area (Å²) in [5, 5.41) is 5.35. The van der Waals surface area contributed by atoms with Crippen molar-refractivity contribution in [3.63, 3.8) is 0 Å². The van der Waals surface area contributed by atoms with Crippen LogP contribution in [0.5, 0.6) is 0 Å². The van der Waals surface area contributed by atoms with Gasteiger partial charge in [0.1, 0.15) is 0 Å². The molecule has 18 heavy (non-hydrogen) atoms. The molecule has 1 saturated carbocycles. The molecule has 1 fully saturated rings. The summed E-state index contributed by atoms with van der Waals surface area (Å²) >= 11 is 5.28. The Morgan fingerprint density at radius 3 is 2.44 bits per heavy atom. The van der Waals surface area contributed by atoms with Crippen LogP contribution in [0.3, 0.4) is 0 Å². The van der Waals surface area contributed by atoms with E-state index in [-0.39, 0.29) is 0 Å². The second-order valence-corrected chi connectivity index (χ2v) is 6.13. The zero-order chi connectivity index (χ0) is 12.4. The Balaban J connectivity index is 1.80. The number of hydrogen-bond acceptors (Lipinski definition) is 2. The Bertz CT molecular complexity index is 488. The van der Waals surface area contributed by atoms with Crippen molar-refractivity contribution >= 4 is 33.0 Å². The molecule has 0 atom stereocenters. The molecule has 0 amide bonds. The molecule has 0 spiro atoms. The molecule has 1 nitrogen and oxygen atoms in total. The summed E-state index contributed by atoms with van der Waals surface area (Å²) < 4.78 is 0. The zero-order valence-corrected chi connectivity index (χ0v) is 12.6. The first kappa shape index (κ1) is 12.2. The lowest BCUT2D eigenvalue weighted by Gasteiger charge is -2.24. The fourth-order valence-corrected chi connectivity index (χ4v) is 3.21.